The number of hydrogen-bond acceptors (Lipinski definition) is 4. The second-order valence-corrected chi connectivity index (χ2v) is 4.02. The van der Waals surface area contributed by atoms with Gasteiger partial charge in [0.25, 0.3) is 0 Å². The van der Waals surface area contributed by atoms with Crippen molar-refractivity contribution in [2.45, 2.75) is 6.61 Å². The van der Waals surface area contributed by atoms with Crippen LogP contribution in [0.5, 0.6) is 11.5 Å². The third-order valence-electron chi connectivity index (χ3n) is 2.60. The van der Waals surface area contributed by atoms with Gasteiger partial charge in [0.05, 0.1) is 11.6 Å². The molecule has 2 aromatic carbocycles. The Hall–Kier alpha value is -2.98. The fourth-order valence-electron chi connectivity index (χ4n) is 1.62. The largest absolute Gasteiger partial charge is 0.489 e. The van der Waals surface area contributed by atoms with Gasteiger partial charge in [0.15, 0.2) is 6.61 Å². The average Bonchev–Trinajstić information content (AvgIpc) is 2.52. The number of rotatable bonds is 5. The fraction of sp³-hybridized carbons (Fsp3) is 0.125. The van der Waals surface area contributed by atoms with Gasteiger partial charge in [-0.3, -0.25) is 0 Å². The summed E-state index contributed by atoms with van der Waals surface area (Å²) < 4.78 is 10.8. The van der Waals surface area contributed by atoms with Gasteiger partial charge in [-0.05, 0) is 35.9 Å². The number of ether oxygens (including phenoxy) is 2. The Morgan fingerprint density at radius 1 is 0.900 bits per heavy atom. The Kier molecular flexibility index (Phi) is 4.59. The standard InChI is InChI=1S/C16H12N2O2/c17-8-9-19-15-6-4-13(5-7-15)12-20-16-3-1-2-14(10-16)11-18/h1-7,10H,9,12H2. The summed E-state index contributed by atoms with van der Waals surface area (Å²) in [4.78, 5) is 0. The van der Waals surface area contributed by atoms with Crippen LogP contribution >= 0.6 is 0 Å². The van der Waals surface area contributed by atoms with Crippen molar-refractivity contribution < 1.29 is 9.47 Å². The highest BCUT2D eigenvalue weighted by atomic mass is 16.5. The molecule has 0 saturated carbocycles. The monoisotopic (exact) mass is 264 g/mol. The van der Waals surface area contributed by atoms with Crippen molar-refractivity contribution in [1.29, 1.82) is 10.5 Å². The maximum absolute atomic E-state index is 8.81. The molecule has 0 bridgehead atoms. The minimum atomic E-state index is 0.0385. The Morgan fingerprint density at radius 3 is 2.40 bits per heavy atom. The summed E-state index contributed by atoms with van der Waals surface area (Å²) >= 11 is 0. The lowest BCUT2D eigenvalue weighted by atomic mass is 10.2. The van der Waals surface area contributed by atoms with Crippen molar-refractivity contribution in [3.63, 3.8) is 0 Å². The van der Waals surface area contributed by atoms with E-state index in [2.05, 4.69) is 6.07 Å². The lowest BCUT2D eigenvalue weighted by Crippen LogP contribution is -1.97. The quantitative estimate of drug-likeness (QED) is 0.832. The molecular formula is C16H12N2O2. The van der Waals surface area contributed by atoms with E-state index < -0.39 is 0 Å². The summed E-state index contributed by atoms with van der Waals surface area (Å²) in [6.07, 6.45) is 0. The van der Waals surface area contributed by atoms with Crippen LogP contribution in [0.15, 0.2) is 48.5 Å². The first-order valence-electron chi connectivity index (χ1n) is 6.03. The predicted molar refractivity (Wildman–Crippen MR) is 73.0 cm³/mol. The van der Waals surface area contributed by atoms with Gasteiger partial charge in [0.2, 0.25) is 0 Å². The van der Waals surface area contributed by atoms with E-state index in [9.17, 15) is 0 Å². The maximum Gasteiger partial charge on any atom is 0.174 e. The van der Waals surface area contributed by atoms with Crippen LogP contribution in [-0.2, 0) is 6.61 Å². The topological polar surface area (TPSA) is 66.0 Å². The van der Waals surface area contributed by atoms with Gasteiger partial charge in [0, 0.05) is 0 Å². The smallest absolute Gasteiger partial charge is 0.174 e. The summed E-state index contributed by atoms with van der Waals surface area (Å²) in [7, 11) is 0. The van der Waals surface area contributed by atoms with Crippen LogP contribution in [0.2, 0.25) is 0 Å². The Labute approximate surface area is 117 Å². The van der Waals surface area contributed by atoms with Crippen molar-refractivity contribution in [1.82, 2.24) is 0 Å². The molecule has 0 unspecified atom stereocenters. The van der Waals surface area contributed by atoms with E-state index in [0.29, 0.717) is 23.7 Å². The molecule has 0 radical (unpaired) electrons. The lowest BCUT2D eigenvalue weighted by molar-refractivity contribution is 0.305. The predicted octanol–water partition coefficient (Wildman–Crippen LogP) is 3.04. The second kappa shape index (κ2) is 6.82. The highest BCUT2D eigenvalue weighted by Gasteiger charge is 1.99. The van der Waals surface area contributed by atoms with Crippen LogP contribution in [0.3, 0.4) is 0 Å². The lowest BCUT2D eigenvalue weighted by Gasteiger charge is -2.07. The minimum absolute atomic E-state index is 0.0385. The van der Waals surface area contributed by atoms with Gasteiger partial charge in [-0.2, -0.15) is 10.5 Å². The van der Waals surface area contributed by atoms with Gasteiger partial charge in [-0.25, -0.2) is 0 Å². The first kappa shape index (κ1) is 13.5. The second-order valence-electron chi connectivity index (χ2n) is 4.02. The summed E-state index contributed by atoms with van der Waals surface area (Å²) in [5.41, 5.74) is 1.56. The van der Waals surface area contributed by atoms with Crippen molar-refractivity contribution in [2.75, 3.05) is 6.61 Å². The summed E-state index contributed by atoms with van der Waals surface area (Å²) in [6, 6.07) is 18.3. The highest BCUT2D eigenvalue weighted by molar-refractivity contribution is 5.36. The zero-order chi connectivity index (χ0) is 14.2. The van der Waals surface area contributed by atoms with Gasteiger partial charge in [0.1, 0.15) is 24.2 Å². The normalized spacial score (nSPS) is 9.30. The number of hydrogen-bond donors (Lipinski definition) is 0. The molecule has 2 aromatic rings. The van der Waals surface area contributed by atoms with Crippen LogP contribution in [0.1, 0.15) is 11.1 Å². The third-order valence-corrected chi connectivity index (χ3v) is 2.60. The Bertz CT molecular complexity index is 651. The van der Waals surface area contributed by atoms with Crippen LogP contribution in [-0.4, -0.2) is 6.61 Å². The summed E-state index contributed by atoms with van der Waals surface area (Å²) in [5.74, 6) is 1.32. The fourth-order valence-corrected chi connectivity index (χ4v) is 1.62. The van der Waals surface area contributed by atoms with Crippen molar-refractivity contribution >= 4 is 0 Å². The SMILES string of the molecule is N#CCOc1ccc(COc2cccc(C#N)c2)cc1. The van der Waals surface area contributed by atoms with Crippen LogP contribution in [0, 0.1) is 22.7 Å². The molecule has 0 aliphatic carbocycles. The van der Waals surface area contributed by atoms with E-state index in [4.69, 9.17) is 20.0 Å². The van der Waals surface area contributed by atoms with E-state index >= 15 is 0 Å². The van der Waals surface area contributed by atoms with E-state index in [1.165, 1.54) is 0 Å². The molecule has 20 heavy (non-hydrogen) atoms. The molecule has 4 nitrogen and oxygen atoms in total. The molecule has 0 spiro atoms. The number of benzene rings is 2. The van der Waals surface area contributed by atoms with Gasteiger partial charge < -0.3 is 9.47 Å². The minimum Gasteiger partial charge on any atom is -0.489 e. The average molecular weight is 264 g/mol. The van der Waals surface area contributed by atoms with Crippen LogP contribution in [0.25, 0.3) is 0 Å². The first-order valence-corrected chi connectivity index (χ1v) is 6.03. The molecule has 0 aliphatic rings. The zero-order valence-corrected chi connectivity index (χ0v) is 10.7. The summed E-state index contributed by atoms with van der Waals surface area (Å²) in [5, 5.41) is 17.2. The van der Waals surface area contributed by atoms with Crippen molar-refractivity contribution in [2.24, 2.45) is 0 Å². The molecule has 0 aliphatic heterocycles. The van der Waals surface area contributed by atoms with Crippen molar-refractivity contribution in [3.8, 4) is 23.6 Å². The molecule has 0 amide bonds. The molecule has 0 N–H and O–H groups in total. The molecule has 0 atom stereocenters. The molecule has 0 aromatic heterocycles. The number of nitriles is 2. The maximum atomic E-state index is 8.81. The molecule has 4 heteroatoms. The van der Waals surface area contributed by atoms with Crippen molar-refractivity contribution in [3.05, 3.63) is 59.7 Å². The van der Waals surface area contributed by atoms with Gasteiger partial charge in [-0.15, -0.1) is 0 Å². The number of nitrogens with zero attached hydrogens (tertiary/aromatic N) is 2. The van der Waals surface area contributed by atoms with Gasteiger partial charge >= 0.3 is 0 Å². The zero-order valence-electron chi connectivity index (χ0n) is 10.7. The highest BCUT2D eigenvalue weighted by Crippen LogP contribution is 2.16. The van der Waals surface area contributed by atoms with E-state index in [1.807, 2.05) is 24.3 Å². The molecule has 2 rings (SSSR count). The van der Waals surface area contributed by atoms with E-state index in [1.54, 1.807) is 30.3 Å². The summed E-state index contributed by atoms with van der Waals surface area (Å²) in [6.45, 7) is 0.449. The molecule has 0 fully saturated rings. The van der Waals surface area contributed by atoms with Crippen LogP contribution < -0.4 is 9.47 Å². The molecule has 98 valence electrons. The Morgan fingerprint density at radius 2 is 1.70 bits per heavy atom. The van der Waals surface area contributed by atoms with Crippen LogP contribution in [0.4, 0.5) is 0 Å². The Balaban J connectivity index is 1.94. The van der Waals surface area contributed by atoms with Gasteiger partial charge in [-0.1, -0.05) is 18.2 Å². The molecule has 0 heterocycles. The van der Waals surface area contributed by atoms with E-state index in [0.717, 1.165) is 5.56 Å². The molecular weight excluding hydrogens is 252 g/mol. The molecule has 0 saturated heterocycles. The third kappa shape index (κ3) is 3.76. The van der Waals surface area contributed by atoms with E-state index in [-0.39, 0.29) is 6.61 Å². The first-order chi connectivity index (χ1) is 9.81.